The largest absolute Gasteiger partial charge is 0.308 e. The highest BCUT2D eigenvalue weighted by molar-refractivity contribution is 7.99. The van der Waals surface area contributed by atoms with Gasteiger partial charge >= 0.3 is 0 Å². The van der Waals surface area contributed by atoms with E-state index >= 15 is 0 Å². The standard InChI is InChI=1S/C51H33N3S/c1-4-15-34(16-5-1)38-31-42(36-18-6-2-7-19-36)52-49(33-38)54-44-25-14-23-41(51(44)50-40-22-11-10-17-35(40)27-29-45(50)54)37-28-30-48-46(32-37)53(39-20-8-3-9-21-39)43-24-12-13-26-47(43)55-48/h1-33H. The lowest BCUT2D eigenvalue weighted by molar-refractivity contribution is 1.08. The molecule has 11 rings (SSSR count). The van der Waals surface area contributed by atoms with Crippen LogP contribution in [0.5, 0.6) is 0 Å². The van der Waals surface area contributed by atoms with Crippen molar-refractivity contribution in [3.05, 3.63) is 200 Å². The molecular weight excluding hydrogens is 687 g/mol. The van der Waals surface area contributed by atoms with Crippen LogP contribution in [0.3, 0.4) is 0 Å². The highest BCUT2D eigenvalue weighted by Gasteiger charge is 2.26. The van der Waals surface area contributed by atoms with Gasteiger partial charge in [0.2, 0.25) is 0 Å². The molecule has 4 heteroatoms. The highest BCUT2D eigenvalue weighted by atomic mass is 32.2. The van der Waals surface area contributed by atoms with Crippen molar-refractivity contribution in [1.29, 1.82) is 0 Å². The summed E-state index contributed by atoms with van der Waals surface area (Å²) < 4.78 is 2.38. The van der Waals surface area contributed by atoms with Crippen LogP contribution >= 0.6 is 11.8 Å². The Bertz CT molecular complexity index is 3000. The minimum Gasteiger partial charge on any atom is -0.308 e. The molecule has 8 aromatic carbocycles. The first-order chi connectivity index (χ1) is 27.3. The van der Waals surface area contributed by atoms with Crippen molar-refractivity contribution < 1.29 is 0 Å². The van der Waals surface area contributed by atoms with Crippen molar-refractivity contribution in [1.82, 2.24) is 9.55 Å². The lowest BCUT2D eigenvalue weighted by atomic mass is 9.96. The van der Waals surface area contributed by atoms with E-state index < -0.39 is 0 Å². The van der Waals surface area contributed by atoms with E-state index in [4.69, 9.17) is 4.98 Å². The molecule has 1 aliphatic heterocycles. The molecule has 55 heavy (non-hydrogen) atoms. The number of aromatic nitrogens is 2. The van der Waals surface area contributed by atoms with E-state index in [2.05, 4.69) is 210 Å². The Morgan fingerprint density at radius 3 is 1.95 bits per heavy atom. The molecule has 0 aliphatic carbocycles. The van der Waals surface area contributed by atoms with Gasteiger partial charge in [-0.25, -0.2) is 4.98 Å². The molecule has 0 fully saturated rings. The van der Waals surface area contributed by atoms with Gasteiger partial charge in [-0.05, 0) is 93.7 Å². The summed E-state index contributed by atoms with van der Waals surface area (Å²) in [4.78, 5) is 10.3. The fourth-order valence-electron chi connectivity index (χ4n) is 8.28. The summed E-state index contributed by atoms with van der Waals surface area (Å²) >= 11 is 1.84. The Morgan fingerprint density at radius 2 is 1.11 bits per heavy atom. The van der Waals surface area contributed by atoms with E-state index in [0.29, 0.717) is 0 Å². The van der Waals surface area contributed by atoms with Gasteiger partial charge < -0.3 is 4.90 Å². The molecule has 3 nitrogen and oxygen atoms in total. The van der Waals surface area contributed by atoms with Crippen LogP contribution in [-0.2, 0) is 0 Å². The van der Waals surface area contributed by atoms with Gasteiger partial charge in [-0.15, -0.1) is 0 Å². The molecule has 1 aliphatic rings. The van der Waals surface area contributed by atoms with Gasteiger partial charge in [0.15, 0.2) is 0 Å². The van der Waals surface area contributed by atoms with Crippen LogP contribution in [0.2, 0.25) is 0 Å². The van der Waals surface area contributed by atoms with Gasteiger partial charge in [0.25, 0.3) is 0 Å². The van der Waals surface area contributed by atoms with Crippen LogP contribution in [0.1, 0.15) is 0 Å². The number of hydrogen-bond acceptors (Lipinski definition) is 3. The van der Waals surface area contributed by atoms with Crippen LogP contribution in [0, 0.1) is 0 Å². The molecule has 2 aromatic heterocycles. The Labute approximate surface area is 323 Å². The molecule has 0 saturated heterocycles. The Morgan fingerprint density at radius 1 is 0.418 bits per heavy atom. The first-order valence-corrected chi connectivity index (χ1v) is 19.4. The van der Waals surface area contributed by atoms with Crippen molar-refractivity contribution in [2.45, 2.75) is 9.79 Å². The predicted octanol–water partition coefficient (Wildman–Crippen LogP) is 14.3. The molecule has 0 saturated carbocycles. The maximum absolute atomic E-state index is 5.43. The minimum atomic E-state index is 0.890. The zero-order chi connectivity index (χ0) is 36.3. The summed E-state index contributed by atoms with van der Waals surface area (Å²) in [6, 6.07) is 72.0. The fourth-order valence-corrected chi connectivity index (χ4v) is 9.32. The topological polar surface area (TPSA) is 21.1 Å². The van der Waals surface area contributed by atoms with Crippen LogP contribution in [0.15, 0.2) is 210 Å². The number of benzene rings is 8. The smallest absolute Gasteiger partial charge is 0.138 e. The minimum absolute atomic E-state index is 0.890. The number of rotatable bonds is 5. The molecular formula is C51H33N3S. The first-order valence-electron chi connectivity index (χ1n) is 18.6. The molecule has 0 bridgehead atoms. The van der Waals surface area contributed by atoms with Crippen LogP contribution in [0.4, 0.5) is 17.1 Å². The van der Waals surface area contributed by atoms with Crippen molar-refractivity contribution in [2.75, 3.05) is 4.90 Å². The van der Waals surface area contributed by atoms with E-state index in [1.165, 1.54) is 53.8 Å². The van der Waals surface area contributed by atoms with Crippen molar-refractivity contribution in [3.63, 3.8) is 0 Å². The first kappa shape index (κ1) is 31.6. The van der Waals surface area contributed by atoms with Crippen LogP contribution < -0.4 is 4.90 Å². The average Bonchev–Trinajstić information content (AvgIpc) is 3.61. The number of para-hydroxylation sites is 2. The second-order valence-electron chi connectivity index (χ2n) is 14.0. The van der Waals surface area contributed by atoms with Gasteiger partial charge in [-0.2, -0.15) is 0 Å². The highest BCUT2D eigenvalue weighted by Crippen LogP contribution is 2.53. The molecule has 0 atom stereocenters. The molecule has 258 valence electrons. The van der Waals surface area contributed by atoms with Gasteiger partial charge in [-0.1, -0.05) is 151 Å². The molecule has 0 N–H and O–H groups in total. The van der Waals surface area contributed by atoms with E-state index in [1.807, 2.05) is 11.8 Å². The second-order valence-corrected chi connectivity index (χ2v) is 15.1. The Kier molecular flexibility index (Phi) is 7.42. The maximum atomic E-state index is 5.43. The maximum Gasteiger partial charge on any atom is 0.138 e. The number of fused-ring (bicyclic) bond motifs is 7. The zero-order valence-corrected chi connectivity index (χ0v) is 30.6. The van der Waals surface area contributed by atoms with Crippen molar-refractivity contribution >= 4 is 61.4 Å². The Balaban J connectivity index is 1.19. The molecule has 3 heterocycles. The monoisotopic (exact) mass is 719 g/mol. The number of hydrogen-bond donors (Lipinski definition) is 0. The van der Waals surface area contributed by atoms with Crippen molar-refractivity contribution in [3.8, 4) is 39.3 Å². The molecule has 0 amide bonds. The number of anilines is 3. The number of nitrogens with zero attached hydrogens (tertiary/aromatic N) is 3. The summed E-state index contributed by atoms with van der Waals surface area (Å²) in [5.41, 5.74) is 12.5. The summed E-state index contributed by atoms with van der Waals surface area (Å²) in [5.74, 6) is 0.890. The van der Waals surface area contributed by atoms with Gasteiger partial charge in [0.1, 0.15) is 5.82 Å². The molecule has 10 aromatic rings. The number of pyridine rings is 1. The lowest BCUT2D eigenvalue weighted by Gasteiger charge is -2.33. The van der Waals surface area contributed by atoms with Gasteiger partial charge in [0.05, 0.1) is 28.1 Å². The third-order valence-corrected chi connectivity index (χ3v) is 11.9. The summed E-state index contributed by atoms with van der Waals surface area (Å²) in [5, 5.41) is 4.90. The third kappa shape index (κ3) is 5.25. The summed E-state index contributed by atoms with van der Waals surface area (Å²) in [6.45, 7) is 0. The normalized spacial score (nSPS) is 12.3. The zero-order valence-electron chi connectivity index (χ0n) is 29.8. The third-order valence-electron chi connectivity index (χ3n) is 10.8. The molecule has 0 unspecified atom stereocenters. The molecule has 0 radical (unpaired) electrons. The summed E-state index contributed by atoms with van der Waals surface area (Å²) in [7, 11) is 0. The van der Waals surface area contributed by atoms with E-state index in [1.54, 1.807) is 0 Å². The van der Waals surface area contributed by atoms with Gasteiger partial charge in [0, 0.05) is 31.8 Å². The average molecular weight is 720 g/mol. The fraction of sp³-hybridized carbons (Fsp3) is 0. The quantitative estimate of drug-likeness (QED) is 0.177. The summed E-state index contributed by atoms with van der Waals surface area (Å²) in [6.07, 6.45) is 0. The second kappa shape index (κ2) is 12.9. The van der Waals surface area contributed by atoms with Crippen LogP contribution in [0.25, 0.3) is 71.9 Å². The van der Waals surface area contributed by atoms with Crippen LogP contribution in [-0.4, -0.2) is 9.55 Å². The van der Waals surface area contributed by atoms with E-state index in [0.717, 1.165) is 44.9 Å². The van der Waals surface area contributed by atoms with Gasteiger partial charge in [-0.3, -0.25) is 4.57 Å². The van der Waals surface area contributed by atoms with E-state index in [-0.39, 0.29) is 0 Å². The SMILES string of the molecule is c1ccc(-c2cc(-c3ccccc3)nc(-n3c4cccc(-c5ccc6c(c5)N(c5ccccc5)c5ccccc5S6)c4c4c5ccccc5ccc43)c2)cc1. The van der Waals surface area contributed by atoms with E-state index in [9.17, 15) is 0 Å². The van der Waals surface area contributed by atoms with Crippen molar-refractivity contribution in [2.24, 2.45) is 0 Å². The lowest BCUT2D eigenvalue weighted by Crippen LogP contribution is -2.14. The molecule has 0 spiro atoms. The Hall–Kier alpha value is -6.88. The predicted molar refractivity (Wildman–Crippen MR) is 231 cm³/mol.